The van der Waals surface area contributed by atoms with E-state index < -0.39 is 0 Å². The first-order valence-electron chi connectivity index (χ1n) is 5.48. The average molecular weight is 398 g/mol. The van der Waals surface area contributed by atoms with Crippen molar-refractivity contribution in [1.29, 1.82) is 0 Å². The molecule has 0 aliphatic carbocycles. The maximum Gasteiger partial charge on any atom is 1.00 e. The van der Waals surface area contributed by atoms with Crippen molar-refractivity contribution in [2.24, 2.45) is 0 Å². The molecule has 17 heavy (non-hydrogen) atoms. The van der Waals surface area contributed by atoms with Crippen molar-refractivity contribution in [2.45, 2.75) is 0 Å². The summed E-state index contributed by atoms with van der Waals surface area (Å²) in [6, 6.07) is 22.6. The van der Waals surface area contributed by atoms with Gasteiger partial charge in [0.25, 0.3) is 0 Å². The third-order valence-corrected chi connectivity index (χ3v) is 3.31. The van der Waals surface area contributed by atoms with Gasteiger partial charge in [-0.15, -0.1) is 35.0 Å². The van der Waals surface area contributed by atoms with Gasteiger partial charge in [0.05, 0.1) is 0 Å². The topological polar surface area (TPSA) is 0 Å². The smallest absolute Gasteiger partial charge is 0.146 e. The summed E-state index contributed by atoms with van der Waals surface area (Å²) >= 11 is 0. The Morgan fingerprint density at radius 3 is 2.06 bits per heavy atom. The maximum absolute atomic E-state index is 3.31. The van der Waals surface area contributed by atoms with Crippen LogP contribution in [0.3, 0.4) is 0 Å². The fourth-order valence-electron chi connectivity index (χ4n) is 2.59. The van der Waals surface area contributed by atoms with Crippen LogP contribution in [0, 0.1) is 6.07 Å². The van der Waals surface area contributed by atoms with E-state index in [0.717, 1.165) is 0 Å². The molecule has 0 amide bonds. The van der Waals surface area contributed by atoms with Gasteiger partial charge in [0, 0.05) is 0 Å². The fourth-order valence-corrected chi connectivity index (χ4v) is 2.59. The van der Waals surface area contributed by atoms with Gasteiger partial charge in [-0.2, -0.15) is 0 Å². The van der Waals surface area contributed by atoms with E-state index in [1.165, 1.54) is 32.3 Å². The third-order valence-electron chi connectivity index (χ3n) is 3.31. The van der Waals surface area contributed by atoms with Crippen molar-refractivity contribution in [3.05, 3.63) is 60.7 Å². The molecule has 0 saturated heterocycles. The molecule has 0 aliphatic heterocycles. The summed E-state index contributed by atoms with van der Waals surface area (Å²) in [6.45, 7) is 0. The van der Waals surface area contributed by atoms with Crippen LogP contribution in [-0.4, -0.2) is 0 Å². The molecular formula is C16H9Au. The van der Waals surface area contributed by atoms with Gasteiger partial charge in [-0.3, -0.25) is 0 Å². The van der Waals surface area contributed by atoms with Crippen LogP contribution in [0.2, 0.25) is 0 Å². The van der Waals surface area contributed by atoms with Crippen LogP contribution in [0.25, 0.3) is 32.3 Å². The van der Waals surface area contributed by atoms with Crippen molar-refractivity contribution >= 4 is 32.3 Å². The summed E-state index contributed by atoms with van der Waals surface area (Å²) in [4.78, 5) is 0. The predicted molar refractivity (Wildman–Crippen MR) is 69.0 cm³/mol. The Balaban J connectivity index is 0.000000902. The van der Waals surface area contributed by atoms with Crippen LogP contribution < -0.4 is 0 Å². The van der Waals surface area contributed by atoms with E-state index in [4.69, 9.17) is 0 Å². The van der Waals surface area contributed by atoms with E-state index in [9.17, 15) is 0 Å². The molecule has 0 atom stereocenters. The molecule has 4 rings (SSSR count). The molecule has 0 heterocycles. The van der Waals surface area contributed by atoms with Crippen LogP contribution in [0.5, 0.6) is 0 Å². The van der Waals surface area contributed by atoms with E-state index in [1.807, 2.05) is 6.07 Å². The van der Waals surface area contributed by atoms with Crippen LogP contribution in [0.15, 0.2) is 54.6 Å². The fraction of sp³-hybridized carbons (Fsp3) is 0. The Kier molecular flexibility index (Phi) is 2.44. The Hall–Kier alpha value is -1.34. The van der Waals surface area contributed by atoms with E-state index in [1.54, 1.807) is 0 Å². The average Bonchev–Trinajstić information content (AvgIpc) is 2.36. The summed E-state index contributed by atoms with van der Waals surface area (Å²) < 4.78 is 0. The molecule has 0 fully saturated rings. The number of benzene rings is 4. The van der Waals surface area contributed by atoms with Gasteiger partial charge in [0.15, 0.2) is 0 Å². The summed E-state index contributed by atoms with van der Waals surface area (Å²) in [7, 11) is 0. The van der Waals surface area contributed by atoms with Crippen molar-refractivity contribution in [1.82, 2.24) is 0 Å². The molecule has 0 nitrogen and oxygen atoms in total. The van der Waals surface area contributed by atoms with Crippen molar-refractivity contribution in [3.8, 4) is 0 Å². The molecule has 0 bridgehead atoms. The van der Waals surface area contributed by atoms with Gasteiger partial charge in [0.1, 0.15) is 0 Å². The van der Waals surface area contributed by atoms with E-state index in [2.05, 4.69) is 54.6 Å². The minimum absolute atomic E-state index is 0. The molecule has 1 heteroatoms. The molecule has 4 aromatic carbocycles. The first-order valence-corrected chi connectivity index (χ1v) is 5.48. The second-order valence-electron chi connectivity index (χ2n) is 4.20. The van der Waals surface area contributed by atoms with Crippen molar-refractivity contribution < 1.29 is 22.4 Å². The molecule has 0 aliphatic rings. The second kappa shape index (κ2) is 3.85. The Labute approximate surface area is 115 Å². The van der Waals surface area contributed by atoms with Crippen molar-refractivity contribution in [2.75, 3.05) is 0 Å². The van der Waals surface area contributed by atoms with Gasteiger partial charge < -0.3 is 0 Å². The normalized spacial score (nSPS) is 11.1. The van der Waals surface area contributed by atoms with Gasteiger partial charge in [-0.25, -0.2) is 0 Å². The monoisotopic (exact) mass is 398 g/mol. The van der Waals surface area contributed by atoms with E-state index in [-0.39, 0.29) is 22.4 Å². The molecule has 84 valence electrons. The molecule has 0 spiro atoms. The molecule has 0 unspecified atom stereocenters. The number of hydrogen-bond acceptors (Lipinski definition) is 0. The first-order chi connectivity index (χ1) is 7.93. The zero-order valence-corrected chi connectivity index (χ0v) is 11.2. The SMILES string of the molecule is [Au+].[c-]1ccc2ccc3cccc4ccc1c2c43. The quantitative estimate of drug-likeness (QED) is 0.234. The zero-order valence-electron chi connectivity index (χ0n) is 9.00. The Morgan fingerprint density at radius 1 is 0.647 bits per heavy atom. The van der Waals surface area contributed by atoms with Crippen molar-refractivity contribution in [3.63, 3.8) is 0 Å². The molecule has 0 aromatic heterocycles. The molecular weight excluding hydrogens is 389 g/mol. The van der Waals surface area contributed by atoms with Gasteiger partial charge >= 0.3 is 22.4 Å². The predicted octanol–water partition coefficient (Wildman–Crippen LogP) is 4.38. The van der Waals surface area contributed by atoms with E-state index >= 15 is 0 Å². The summed E-state index contributed by atoms with van der Waals surface area (Å²) in [5.74, 6) is 0. The number of hydrogen-bond donors (Lipinski definition) is 0. The van der Waals surface area contributed by atoms with Gasteiger partial charge in [-0.05, 0) is 16.2 Å². The first kappa shape index (κ1) is 10.8. The van der Waals surface area contributed by atoms with Crippen LogP contribution in [-0.2, 0) is 22.4 Å². The third kappa shape index (κ3) is 1.42. The largest absolute Gasteiger partial charge is 1.00 e. The maximum atomic E-state index is 3.31. The van der Waals surface area contributed by atoms with Crippen LogP contribution in [0.1, 0.15) is 0 Å². The minimum atomic E-state index is 0. The van der Waals surface area contributed by atoms with E-state index in [0.29, 0.717) is 0 Å². The van der Waals surface area contributed by atoms with Crippen LogP contribution >= 0.6 is 0 Å². The van der Waals surface area contributed by atoms with Crippen LogP contribution in [0.4, 0.5) is 0 Å². The zero-order chi connectivity index (χ0) is 10.5. The number of rotatable bonds is 0. The van der Waals surface area contributed by atoms with Gasteiger partial charge in [0.2, 0.25) is 0 Å². The second-order valence-corrected chi connectivity index (χ2v) is 4.20. The molecule has 0 saturated carbocycles. The molecule has 0 N–H and O–H groups in total. The Bertz CT molecular complexity index is 672. The summed E-state index contributed by atoms with van der Waals surface area (Å²) in [5.41, 5.74) is 0. The summed E-state index contributed by atoms with van der Waals surface area (Å²) in [5, 5.41) is 7.86. The Morgan fingerprint density at radius 2 is 1.29 bits per heavy atom. The summed E-state index contributed by atoms with van der Waals surface area (Å²) in [6.07, 6.45) is 0. The molecule has 0 radical (unpaired) electrons. The minimum Gasteiger partial charge on any atom is -0.146 e. The van der Waals surface area contributed by atoms with Gasteiger partial charge in [-0.1, -0.05) is 41.8 Å². The standard InChI is InChI=1S/C16H9.Au/c1-3-11-7-9-13-5-2-6-14-10-8-12(4-1)15(11)16(13)14;/h1-5,7-10H;/q-1;+1. The molecule has 4 aromatic rings.